The highest BCUT2D eigenvalue weighted by atomic mass is 16.3. The highest BCUT2D eigenvalue weighted by Gasteiger charge is 2.44. The quantitative estimate of drug-likeness (QED) is 0.862. The molecule has 1 aromatic carbocycles. The molecule has 94 valence electrons. The summed E-state index contributed by atoms with van der Waals surface area (Å²) < 4.78 is 5.22. The van der Waals surface area contributed by atoms with Gasteiger partial charge in [0.25, 0.3) is 0 Å². The van der Waals surface area contributed by atoms with Crippen LogP contribution in [-0.2, 0) is 0 Å². The fourth-order valence-corrected chi connectivity index (χ4v) is 2.85. The van der Waals surface area contributed by atoms with Gasteiger partial charge in [-0.05, 0) is 36.4 Å². The van der Waals surface area contributed by atoms with Gasteiger partial charge in [-0.3, -0.25) is 0 Å². The van der Waals surface area contributed by atoms with Crippen molar-refractivity contribution in [2.75, 3.05) is 6.54 Å². The molecule has 1 fully saturated rings. The first kappa shape index (κ1) is 11.5. The van der Waals surface area contributed by atoms with E-state index in [2.05, 4.69) is 48.6 Å². The lowest BCUT2D eigenvalue weighted by Crippen LogP contribution is -2.22. The molecule has 3 atom stereocenters. The lowest BCUT2D eigenvalue weighted by atomic mass is 10.0. The van der Waals surface area contributed by atoms with Gasteiger partial charge >= 0.3 is 0 Å². The molecule has 2 aromatic rings. The summed E-state index contributed by atoms with van der Waals surface area (Å²) in [5, 5.41) is 3.59. The monoisotopic (exact) mass is 241 g/mol. The molecule has 3 unspecified atom stereocenters. The number of nitrogens with one attached hydrogen (secondary N) is 1. The molecule has 1 aromatic heterocycles. The van der Waals surface area contributed by atoms with Crippen LogP contribution in [0.2, 0.25) is 0 Å². The van der Waals surface area contributed by atoms with E-state index in [-0.39, 0.29) is 0 Å². The van der Waals surface area contributed by atoms with E-state index >= 15 is 0 Å². The Morgan fingerprint density at radius 2 is 2.11 bits per heavy atom. The standard InChI is InChI=1S/C16H19NO/c1-2-17-16(13-8-9-18-11-13)15-10-14(15)12-6-4-3-5-7-12/h3-9,11,14-17H,2,10H2,1H3. The maximum absolute atomic E-state index is 5.22. The Hall–Kier alpha value is -1.54. The Labute approximate surface area is 108 Å². The fraction of sp³-hybridized carbons (Fsp3) is 0.375. The zero-order valence-corrected chi connectivity index (χ0v) is 10.7. The van der Waals surface area contributed by atoms with Gasteiger partial charge in [-0.1, -0.05) is 37.3 Å². The molecule has 0 spiro atoms. The summed E-state index contributed by atoms with van der Waals surface area (Å²) in [6.45, 7) is 3.15. The molecule has 0 aliphatic heterocycles. The van der Waals surface area contributed by atoms with Crippen molar-refractivity contribution in [2.24, 2.45) is 5.92 Å². The number of furan rings is 1. The molecule has 1 N–H and O–H groups in total. The number of hydrogen-bond donors (Lipinski definition) is 1. The molecular weight excluding hydrogens is 222 g/mol. The van der Waals surface area contributed by atoms with Gasteiger partial charge in [0.1, 0.15) is 0 Å². The molecule has 3 rings (SSSR count). The molecule has 1 saturated carbocycles. The van der Waals surface area contributed by atoms with Crippen LogP contribution in [0.25, 0.3) is 0 Å². The highest BCUT2D eigenvalue weighted by molar-refractivity contribution is 5.29. The molecule has 18 heavy (non-hydrogen) atoms. The van der Waals surface area contributed by atoms with Crippen molar-refractivity contribution in [3.63, 3.8) is 0 Å². The molecular formula is C16H19NO. The van der Waals surface area contributed by atoms with Crippen LogP contribution in [-0.4, -0.2) is 6.54 Å². The van der Waals surface area contributed by atoms with Crippen LogP contribution in [0.4, 0.5) is 0 Å². The maximum Gasteiger partial charge on any atom is 0.0950 e. The Balaban J connectivity index is 1.75. The smallest absolute Gasteiger partial charge is 0.0950 e. The van der Waals surface area contributed by atoms with E-state index in [9.17, 15) is 0 Å². The molecule has 1 aliphatic carbocycles. The van der Waals surface area contributed by atoms with Crippen molar-refractivity contribution in [3.8, 4) is 0 Å². The highest BCUT2D eigenvalue weighted by Crippen LogP contribution is 2.53. The third-order valence-corrected chi connectivity index (χ3v) is 3.82. The predicted molar refractivity (Wildman–Crippen MR) is 72.4 cm³/mol. The van der Waals surface area contributed by atoms with Gasteiger partial charge in [-0.2, -0.15) is 0 Å². The zero-order valence-electron chi connectivity index (χ0n) is 10.7. The lowest BCUT2D eigenvalue weighted by molar-refractivity contribution is 0.477. The Bertz CT molecular complexity index is 477. The zero-order chi connectivity index (χ0) is 12.4. The minimum Gasteiger partial charge on any atom is -0.472 e. The third-order valence-electron chi connectivity index (χ3n) is 3.82. The molecule has 2 nitrogen and oxygen atoms in total. The molecule has 1 heterocycles. The van der Waals surface area contributed by atoms with Crippen LogP contribution in [0.5, 0.6) is 0 Å². The summed E-state index contributed by atoms with van der Waals surface area (Å²) in [6, 6.07) is 13.3. The van der Waals surface area contributed by atoms with Crippen molar-refractivity contribution >= 4 is 0 Å². The van der Waals surface area contributed by atoms with E-state index in [1.807, 2.05) is 6.26 Å². The average molecular weight is 241 g/mol. The van der Waals surface area contributed by atoms with Gasteiger partial charge in [-0.25, -0.2) is 0 Å². The fourth-order valence-electron chi connectivity index (χ4n) is 2.85. The second-order valence-electron chi connectivity index (χ2n) is 5.01. The van der Waals surface area contributed by atoms with E-state index in [4.69, 9.17) is 4.42 Å². The minimum atomic E-state index is 0.430. The van der Waals surface area contributed by atoms with Crippen LogP contribution < -0.4 is 5.32 Å². The Kier molecular flexibility index (Phi) is 3.20. The SMILES string of the molecule is CCNC(c1ccoc1)C1CC1c1ccccc1. The van der Waals surface area contributed by atoms with E-state index in [1.165, 1.54) is 17.5 Å². The molecule has 1 aliphatic rings. The van der Waals surface area contributed by atoms with Crippen molar-refractivity contribution in [1.29, 1.82) is 0 Å². The summed E-state index contributed by atoms with van der Waals surface area (Å²) >= 11 is 0. The van der Waals surface area contributed by atoms with Crippen molar-refractivity contribution in [2.45, 2.75) is 25.3 Å². The number of rotatable bonds is 5. The summed E-state index contributed by atoms with van der Waals surface area (Å²) in [7, 11) is 0. The molecule has 0 radical (unpaired) electrons. The van der Waals surface area contributed by atoms with Crippen LogP contribution in [0.3, 0.4) is 0 Å². The molecule has 0 saturated heterocycles. The summed E-state index contributed by atoms with van der Waals surface area (Å²) in [5.74, 6) is 1.40. The van der Waals surface area contributed by atoms with Gasteiger partial charge in [-0.15, -0.1) is 0 Å². The van der Waals surface area contributed by atoms with Gasteiger partial charge < -0.3 is 9.73 Å². The second kappa shape index (κ2) is 4.99. The van der Waals surface area contributed by atoms with Crippen molar-refractivity contribution in [3.05, 3.63) is 60.1 Å². The van der Waals surface area contributed by atoms with Crippen LogP contribution in [0, 0.1) is 5.92 Å². The van der Waals surface area contributed by atoms with Gasteiger partial charge in [0.15, 0.2) is 0 Å². The normalized spacial score (nSPS) is 23.8. The Morgan fingerprint density at radius 1 is 1.28 bits per heavy atom. The maximum atomic E-state index is 5.22. The largest absolute Gasteiger partial charge is 0.472 e. The molecule has 0 bridgehead atoms. The van der Waals surface area contributed by atoms with E-state index in [0.717, 1.165) is 6.54 Å². The summed E-state index contributed by atoms with van der Waals surface area (Å²) in [4.78, 5) is 0. The van der Waals surface area contributed by atoms with E-state index in [0.29, 0.717) is 17.9 Å². The van der Waals surface area contributed by atoms with E-state index in [1.54, 1.807) is 6.26 Å². The van der Waals surface area contributed by atoms with Crippen LogP contribution in [0.1, 0.15) is 36.4 Å². The van der Waals surface area contributed by atoms with Crippen LogP contribution in [0.15, 0.2) is 53.3 Å². The topological polar surface area (TPSA) is 25.2 Å². The van der Waals surface area contributed by atoms with E-state index < -0.39 is 0 Å². The lowest BCUT2D eigenvalue weighted by Gasteiger charge is -2.16. The van der Waals surface area contributed by atoms with Crippen molar-refractivity contribution < 1.29 is 4.42 Å². The first-order valence-corrected chi connectivity index (χ1v) is 6.70. The first-order chi connectivity index (χ1) is 8.90. The number of hydrogen-bond acceptors (Lipinski definition) is 2. The third kappa shape index (κ3) is 2.21. The second-order valence-corrected chi connectivity index (χ2v) is 5.01. The molecule has 0 amide bonds. The predicted octanol–water partition coefficient (Wildman–Crippen LogP) is 3.73. The van der Waals surface area contributed by atoms with Crippen LogP contribution >= 0.6 is 0 Å². The summed E-state index contributed by atoms with van der Waals surface area (Å²) in [5.41, 5.74) is 2.74. The number of benzene rings is 1. The van der Waals surface area contributed by atoms with Gasteiger partial charge in [0, 0.05) is 11.6 Å². The summed E-state index contributed by atoms with van der Waals surface area (Å²) in [6.07, 6.45) is 4.90. The van der Waals surface area contributed by atoms with Gasteiger partial charge in [0.05, 0.1) is 12.5 Å². The minimum absolute atomic E-state index is 0.430. The van der Waals surface area contributed by atoms with Crippen molar-refractivity contribution in [1.82, 2.24) is 5.32 Å². The first-order valence-electron chi connectivity index (χ1n) is 6.70. The van der Waals surface area contributed by atoms with Gasteiger partial charge in [0.2, 0.25) is 0 Å². The molecule has 2 heteroatoms. The Morgan fingerprint density at radius 3 is 2.78 bits per heavy atom. The average Bonchev–Trinajstić information content (AvgIpc) is 3.02.